The van der Waals surface area contributed by atoms with Crippen molar-refractivity contribution in [2.24, 2.45) is 16.0 Å². The molecule has 188 valence electrons. The number of piperidine rings is 1. The molecule has 0 bridgehead atoms. The number of ether oxygens (including phenoxy) is 1. The minimum atomic E-state index is -5.77. The summed E-state index contributed by atoms with van der Waals surface area (Å²) in [5.74, 6) is -0.776. The highest BCUT2D eigenvalue weighted by Crippen LogP contribution is 2.42. The van der Waals surface area contributed by atoms with Gasteiger partial charge < -0.3 is 14.5 Å². The molecule has 2 saturated heterocycles. The number of hydrogen-bond acceptors (Lipinski definition) is 6. The van der Waals surface area contributed by atoms with Gasteiger partial charge in [-0.15, -0.1) is 0 Å². The summed E-state index contributed by atoms with van der Waals surface area (Å²) in [5.41, 5.74) is -0.0319. The number of allylic oxidation sites excluding steroid dienone is 1. The summed E-state index contributed by atoms with van der Waals surface area (Å²) in [7, 11) is 0. The fraction of sp³-hybridized carbons (Fsp3) is 0.700. The Morgan fingerprint density at radius 3 is 2.35 bits per heavy atom. The molecular weight excluding hydrogens is 472 g/mol. The van der Waals surface area contributed by atoms with E-state index in [1.54, 1.807) is 35.3 Å². The fourth-order valence-electron chi connectivity index (χ4n) is 5.09. The van der Waals surface area contributed by atoms with Gasteiger partial charge in [-0.25, -0.2) is 9.80 Å². The topological polar surface area (TPSA) is 77.8 Å². The number of fused-ring (bicyclic) bond motifs is 1. The molecule has 2 amide bonds. The zero-order valence-electron chi connectivity index (χ0n) is 18.1. The van der Waals surface area contributed by atoms with Crippen LogP contribution in [0.5, 0.6) is 0 Å². The first-order valence-electron chi connectivity index (χ1n) is 10.8. The third kappa shape index (κ3) is 4.33. The number of nitrogens with zero attached hydrogens (tertiary/aromatic N) is 5. The van der Waals surface area contributed by atoms with E-state index in [4.69, 9.17) is 0 Å². The van der Waals surface area contributed by atoms with E-state index in [0.29, 0.717) is 25.1 Å². The maximum absolute atomic E-state index is 13.5. The van der Waals surface area contributed by atoms with Gasteiger partial charge in [0.1, 0.15) is 5.92 Å². The van der Waals surface area contributed by atoms with Gasteiger partial charge in [-0.1, -0.05) is 0 Å². The summed E-state index contributed by atoms with van der Waals surface area (Å²) >= 11 is 0. The van der Waals surface area contributed by atoms with E-state index >= 15 is 0 Å². The number of amides is 2. The Bertz CT molecular complexity index is 909. The molecule has 4 aliphatic rings. The minimum absolute atomic E-state index is 0.126. The summed E-state index contributed by atoms with van der Waals surface area (Å²) in [6, 6.07) is 0. The maximum Gasteiger partial charge on any atom is 0.434 e. The predicted octanol–water partition coefficient (Wildman–Crippen LogP) is 3.31. The second-order valence-electron chi connectivity index (χ2n) is 8.80. The number of halogens is 6. The second kappa shape index (κ2) is 8.45. The van der Waals surface area contributed by atoms with Crippen LogP contribution in [-0.2, 0) is 9.53 Å². The molecule has 8 nitrogen and oxygen atoms in total. The van der Waals surface area contributed by atoms with Gasteiger partial charge in [-0.3, -0.25) is 9.79 Å². The molecule has 0 saturated carbocycles. The molecule has 2 atom stereocenters. The summed E-state index contributed by atoms with van der Waals surface area (Å²) in [6.07, 6.45) is -11.1. The van der Waals surface area contributed by atoms with Gasteiger partial charge in [0.2, 0.25) is 5.91 Å². The van der Waals surface area contributed by atoms with Gasteiger partial charge in [0, 0.05) is 37.6 Å². The molecule has 4 heterocycles. The van der Waals surface area contributed by atoms with Crippen LogP contribution in [0.1, 0.15) is 32.6 Å². The Morgan fingerprint density at radius 2 is 1.74 bits per heavy atom. The first-order valence-corrected chi connectivity index (χ1v) is 10.8. The quantitative estimate of drug-likeness (QED) is 0.551. The van der Waals surface area contributed by atoms with Crippen LogP contribution in [0, 0.1) is 5.92 Å². The number of aliphatic imine (C=N–C) groups is 1. The Morgan fingerprint density at radius 1 is 1.09 bits per heavy atom. The summed E-state index contributed by atoms with van der Waals surface area (Å²) in [5, 5.41) is 5.98. The Hall–Kier alpha value is -2.80. The Kier molecular flexibility index (Phi) is 6.05. The fourth-order valence-corrected chi connectivity index (χ4v) is 5.09. The normalized spacial score (nSPS) is 26.4. The molecule has 1 spiro atoms. The average Bonchev–Trinajstić information content (AvgIpc) is 3.30. The van der Waals surface area contributed by atoms with Gasteiger partial charge in [0.25, 0.3) is 6.10 Å². The van der Waals surface area contributed by atoms with E-state index in [-0.39, 0.29) is 31.8 Å². The lowest BCUT2D eigenvalue weighted by molar-refractivity contribution is -0.308. The molecule has 0 aromatic rings. The van der Waals surface area contributed by atoms with Gasteiger partial charge >= 0.3 is 18.4 Å². The summed E-state index contributed by atoms with van der Waals surface area (Å²) in [4.78, 5) is 32.6. The molecule has 2 unspecified atom stereocenters. The first-order chi connectivity index (χ1) is 15.8. The second-order valence-corrected chi connectivity index (χ2v) is 8.80. The molecule has 0 N–H and O–H groups in total. The molecule has 2 fully saturated rings. The predicted molar refractivity (Wildman–Crippen MR) is 107 cm³/mol. The van der Waals surface area contributed by atoms with Crippen molar-refractivity contribution in [3.63, 3.8) is 0 Å². The van der Waals surface area contributed by atoms with Crippen molar-refractivity contribution in [2.75, 3.05) is 19.6 Å². The van der Waals surface area contributed by atoms with Crippen molar-refractivity contribution in [3.05, 3.63) is 12.3 Å². The number of carbonyl (C=O) groups is 2. The van der Waals surface area contributed by atoms with Crippen LogP contribution in [0.4, 0.5) is 31.1 Å². The van der Waals surface area contributed by atoms with Gasteiger partial charge in [0.05, 0.1) is 5.71 Å². The lowest BCUT2D eigenvalue weighted by Crippen LogP contribution is -2.58. The highest BCUT2D eigenvalue weighted by molar-refractivity contribution is 6.05. The highest BCUT2D eigenvalue weighted by Gasteiger charge is 2.60. The van der Waals surface area contributed by atoms with E-state index in [9.17, 15) is 35.9 Å². The zero-order valence-corrected chi connectivity index (χ0v) is 18.1. The minimum Gasteiger partial charge on any atom is -0.426 e. The van der Waals surface area contributed by atoms with Crippen molar-refractivity contribution < 1.29 is 40.7 Å². The highest BCUT2D eigenvalue weighted by atomic mass is 19.4. The van der Waals surface area contributed by atoms with Crippen LogP contribution in [-0.4, -0.2) is 88.5 Å². The number of carbonyl (C=O) groups excluding carboxylic acids is 2. The number of alkyl halides is 6. The smallest absolute Gasteiger partial charge is 0.426 e. The molecule has 0 aromatic carbocycles. The van der Waals surface area contributed by atoms with Crippen molar-refractivity contribution >= 4 is 23.9 Å². The molecule has 0 radical (unpaired) electrons. The molecule has 4 rings (SSSR count). The van der Waals surface area contributed by atoms with Gasteiger partial charge in [-0.05, 0) is 38.7 Å². The molecule has 0 aromatic heterocycles. The van der Waals surface area contributed by atoms with E-state index in [0.717, 1.165) is 4.90 Å². The van der Waals surface area contributed by atoms with Crippen molar-refractivity contribution in [1.82, 2.24) is 14.8 Å². The lowest BCUT2D eigenvalue weighted by Gasteiger charge is -2.45. The number of hydrogen-bond donors (Lipinski definition) is 0. The number of likely N-dealkylation sites (tertiary alicyclic amines) is 2. The summed E-state index contributed by atoms with van der Waals surface area (Å²) in [6.45, 7) is 1.95. The Balaban J connectivity index is 1.42. The van der Waals surface area contributed by atoms with Crippen LogP contribution in [0.3, 0.4) is 0 Å². The van der Waals surface area contributed by atoms with Crippen LogP contribution in [0.2, 0.25) is 0 Å². The molecule has 4 aliphatic heterocycles. The van der Waals surface area contributed by atoms with Crippen molar-refractivity contribution in [2.45, 2.75) is 62.8 Å². The van der Waals surface area contributed by atoms with Crippen LogP contribution in [0.25, 0.3) is 0 Å². The molecule has 34 heavy (non-hydrogen) atoms. The molecule has 0 aliphatic carbocycles. The number of rotatable bonds is 2. The molecular formula is C20H23F6N5O3. The molecule has 14 heteroatoms. The van der Waals surface area contributed by atoms with E-state index in [1.165, 1.54) is 0 Å². The van der Waals surface area contributed by atoms with Crippen LogP contribution in [0.15, 0.2) is 22.4 Å². The van der Waals surface area contributed by atoms with E-state index in [1.807, 2.05) is 0 Å². The zero-order chi connectivity index (χ0) is 24.9. The van der Waals surface area contributed by atoms with Crippen LogP contribution < -0.4 is 0 Å². The monoisotopic (exact) mass is 495 g/mol. The third-order valence-electron chi connectivity index (χ3n) is 6.75. The first kappa shape index (κ1) is 24.3. The third-order valence-corrected chi connectivity index (χ3v) is 6.75. The SMILES string of the molecule is CC1=NN2C=CC=NC2C1C(=O)N1CCCC12CCN(C(=O)OC(C(F)(F)F)C(F)(F)F)CC2. The van der Waals surface area contributed by atoms with Gasteiger partial charge in [0.15, 0.2) is 6.17 Å². The Labute approximate surface area is 190 Å². The van der Waals surface area contributed by atoms with Crippen molar-refractivity contribution in [3.8, 4) is 0 Å². The van der Waals surface area contributed by atoms with Gasteiger partial charge in [-0.2, -0.15) is 31.4 Å². The lowest BCUT2D eigenvalue weighted by atomic mass is 9.84. The standard InChI is InChI=1S/C20H23F6N5O3/c1-12-13(14-27-7-3-9-31(14)28-12)15(32)30-8-2-4-18(30)5-10-29(11-6-18)17(33)34-16(19(21,22)23)20(24,25)26/h3,7,9,13-14,16H,2,4-6,8,10-11H2,1H3. The maximum atomic E-state index is 13.5. The van der Waals surface area contributed by atoms with Crippen molar-refractivity contribution in [1.29, 1.82) is 0 Å². The van der Waals surface area contributed by atoms with E-state index < -0.39 is 42.2 Å². The van der Waals surface area contributed by atoms with E-state index in [2.05, 4.69) is 14.8 Å². The largest absolute Gasteiger partial charge is 0.434 e. The average molecular weight is 495 g/mol. The summed E-state index contributed by atoms with van der Waals surface area (Å²) < 4.78 is 80.2. The number of hydrazone groups is 1. The van der Waals surface area contributed by atoms with Crippen LogP contribution >= 0.6 is 0 Å².